The maximum atomic E-state index is 16.8. The van der Waals surface area contributed by atoms with E-state index in [1.807, 2.05) is 0 Å². The molecule has 0 saturated carbocycles. The van der Waals surface area contributed by atoms with Crippen LogP contribution in [0.5, 0.6) is 17.6 Å². The van der Waals surface area contributed by atoms with Crippen LogP contribution in [-0.4, -0.2) is 75.6 Å². The Morgan fingerprint density at radius 2 is 2.02 bits per heavy atom. The van der Waals surface area contributed by atoms with Crippen molar-refractivity contribution in [3.8, 4) is 41.2 Å². The first-order chi connectivity index (χ1) is 20.8. The molecule has 0 unspecified atom stereocenters. The highest BCUT2D eigenvalue weighted by molar-refractivity contribution is 6.04. The molecule has 6 heterocycles. The normalized spacial score (nSPS) is 24.6. The molecule has 1 N–H and O–H groups in total. The quantitative estimate of drug-likeness (QED) is 0.330. The molecule has 0 bridgehead atoms. The van der Waals surface area contributed by atoms with E-state index in [2.05, 4.69) is 25.7 Å². The van der Waals surface area contributed by atoms with Gasteiger partial charge in [0, 0.05) is 30.5 Å². The molecule has 8 rings (SSSR count). The van der Waals surface area contributed by atoms with Crippen LogP contribution in [0.3, 0.4) is 0 Å². The van der Waals surface area contributed by atoms with E-state index in [9.17, 15) is 13.9 Å². The largest absolute Gasteiger partial charge is 0.508 e. The van der Waals surface area contributed by atoms with Gasteiger partial charge in [0.1, 0.15) is 53.4 Å². The van der Waals surface area contributed by atoms with Crippen LogP contribution >= 0.6 is 0 Å². The highest BCUT2D eigenvalue weighted by Crippen LogP contribution is 2.45. The first-order valence-corrected chi connectivity index (χ1v) is 14.6. The van der Waals surface area contributed by atoms with Crippen LogP contribution in [0.2, 0.25) is 0 Å². The Kier molecular flexibility index (Phi) is 5.88. The fourth-order valence-electron chi connectivity index (χ4n) is 7.52. The summed E-state index contributed by atoms with van der Waals surface area (Å²) in [6, 6.07) is 5.40. The molecule has 2 aromatic heterocycles. The van der Waals surface area contributed by atoms with Gasteiger partial charge in [-0.1, -0.05) is 12.0 Å². The number of aromatic nitrogens is 3. The highest BCUT2D eigenvalue weighted by Gasteiger charge is 2.49. The van der Waals surface area contributed by atoms with E-state index >= 15 is 4.39 Å². The second-order valence-corrected chi connectivity index (χ2v) is 12.0. The zero-order valence-corrected chi connectivity index (χ0v) is 23.2. The summed E-state index contributed by atoms with van der Waals surface area (Å²) in [6.07, 6.45) is 8.68. The van der Waals surface area contributed by atoms with Gasteiger partial charge in [-0.3, -0.25) is 4.90 Å². The van der Waals surface area contributed by atoms with E-state index in [-0.39, 0.29) is 58.0 Å². The summed E-state index contributed by atoms with van der Waals surface area (Å²) in [5.41, 5.74) is -0.668. The Hall–Kier alpha value is -4.30. The molecule has 8 nitrogen and oxygen atoms in total. The van der Waals surface area contributed by atoms with Crippen LogP contribution < -0.4 is 14.4 Å². The maximum absolute atomic E-state index is 16.8. The van der Waals surface area contributed by atoms with Gasteiger partial charge in [0.15, 0.2) is 5.82 Å². The first kappa shape index (κ1) is 26.3. The summed E-state index contributed by atoms with van der Waals surface area (Å²) >= 11 is 0. The van der Waals surface area contributed by atoms with E-state index in [4.69, 9.17) is 20.9 Å². The Balaban J connectivity index is 1.33. The molecule has 3 saturated heterocycles. The van der Waals surface area contributed by atoms with E-state index < -0.39 is 23.3 Å². The van der Waals surface area contributed by atoms with E-state index in [0.717, 1.165) is 32.2 Å². The maximum Gasteiger partial charge on any atom is 0.319 e. The molecule has 0 aliphatic carbocycles. The van der Waals surface area contributed by atoms with Crippen LogP contribution in [0.1, 0.15) is 37.7 Å². The number of terminal acetylenes is 1. The van der Waals surface area contributed by atoms with Crippen molar-refractivity contribution in [3.63, 3.8) is 0 Å². The van der Waals surface area contributed by atoms with Crippen molar-refractivity contribution in [3.05, 3.63) is 41.5 Å². The monoisotopic (exact) mass is 587 g/mol. The molecule has 3 atom stereocenters. The molecular formula is C32H28F3N5O3. The zero-order valence-electron chi connectivity index (χ0n) is 23.2. The third-order valence-corrected chi connectivity index (χ3v) is 9.46. The second kappa shape index (κ2) is 9.61. The number of ether oxygens (including phenoxy) is 2. The summed E-state index contributed by atoms with van der Waals surface area (Å²) in [6.45, 7) is 2.38. The first-order valence-electron chi connectivity index (χ1n) is 14.6. The van der Waals surface area contributed by atoms with Crippen LogP contribution in [0.25, 0.3) is 32.9 Å². The van der Waals surface area contributed by atoms with Gasteiger partial charge in [0.25, 0.3) is 0 Å². The minimum atomic E-state index is -0.919. The van der Waals surface area contributed by atoms with Crippen molar-refractivity contribution in [1.82, 2.24) is 19.9 Å². The third-order valence-electron chi connectivity index (χ3n) is 9.46. The molecule has 0 spiro atoms. The molecule has 2 aromatic carbocycles. The van der Waals surface area contributed by atoms with Crippen molar-refractivity contribution in [2.45, 2.75) is 49.9 Å². The average molecular weight is 588 g/mol. The van der Waals surface area contributed by atoms with Crippen molar-refractivity contribution in [2.24, 2.45) is 0 Å². The standard InChI is InChI=1S/C32H28F3N5O3/c1-2-21-23(34)7-6-17-11-20(41)12-22(24(17)21)27-26(35)28-25-29(40-10-3-5-19(40)15-42-30(25)36-27)38-31(37-28)43-16-32-8-4-9-39(32)14-18(33)13-32/h1,6-7,11-12,18-19,41H,3-5,8-10,13-16H2/t18-,19-,32+/m1/s1. The van der Waals surface area contributed by atoms with E-state index in [0.29, 0.717) is 42.7 Å². The lowest BCUT2D eigenvalue weighted by Gasteiger charge is -2.31. The smallest absolute Gasteiger partial charge is 0.319 e. The Labute approximate surface area is 245 Å². The van der Waals surface area contributed by atoms with Gasteiger partial charge < -0.3 is 19.5 Å². The van der Waals surface area contributed by atoms with Crippen LogP contribution in [-0.2, 0) is 0 Å². The van der Waals surface area contributed by atoms with Crippen LogP contribution in [0, 0.1) is 24.0 Å². The molecule has 43 heavy (non-hydrogen) atoms. The lowest BCUT2D eigenvalue weighted by molar-refractivity contribution is 0.107. The number of alkyl halides is 1. The number of anilines is 1. The zero-order chi connectivity index (χ0) is 29.5. The van der Waals surface area contributed by atoms with Gasteiger partial charge in [-0.2, -0.15) is 9.97 Å². The Bertz CT molecular complexity index is 1860. The summed E-state index contributed by atoms with van der Waals surface area (Å²) in [5.74, 6) is 1.34. The molecule has 11 heteroatoms. The van der Waals surface area contributed by atoms with E-state index in [1.54, 1.807) is 0 Å². The summed E-state index contributed by atoms with van der Waals surface area (Å²) in [7, 11) is 0. The lowest BCUT2D eigenvalue weighted by Crippen LogP contribution is -2.43. The summed E-state index contributed by atoms with van der Waals surface area (Å²) < 4.78 is 58.3. The SMILES string of the molecule is C#Cc1c(F)ccc2cc(O)cc(-c3nc4c5c(nc(OC[C@@]67CCCN6C[C@H](F)C7)nc5c3F)N3CCC[C@@H]3CO4)c12. The fourth-order valence-corrected chi connectivity index (χ4v) is 7.52. The lowest BCUT2D eigenvalue weighted by atomic mass is 9.95. The van der Waals surface area contributed by atoms with Gasteiger partial charge in [0.2, 0.25) is 5.88 Å². The number of aromatic hydroxyl groups is 1. The molecule has 220 valence electrons. The Morgan fingerprint density at radius 1 is 1.14 bits per heavy atom. The topological polar surface area (TPSA) is 83.8 Å². The van der Waals surface area contributed by atoms with Crippen molar-refractivity contribution in [2.75, 3.05) is 37.7 Å². The molecule has 4 aliphatic heterocycles. The molecular weight excluding hydrogens is 559 g/mol. The summed E-state index contributed by atoms with van der Waals surface area (Å²) in [5, 5.41) is 11.5. The number of phenolic OH excluding ortho intramolecular Hbond substituents is 1. The van der Waals surface area contributed by atoms with Crippen molar-refractivity contribution < 1.29 is 27.8 Å². The summed E-state index contributed by atoms with van der Waals surface area (Å²) in [4.78, 5) is 18.1. The predicted molar refractivity (Wildman–Crippen MR) is 154 cm³/mol. The number of hydrogen-bond acceptors (Lipinski definition) is 8. The van der Waals surface area contributed by atoms with Gasteiger partial charge in [-0.25, -0.2) is 18.2 Å². The van der Waals surface area contributed by atoms with Gasteiger partial charge in [-0.15, -0.1) is 6.42 Å². The Morgan fingerprint density at radius 3 is 2.88 bits per heavy atom. The fraction of sp³-hybridized carbons (Fsp3) is 0.406. The second-order valence-electron chi connectivity index (χ2n) is 12.0. The third kappa shape index (κ3) is 3.99. The molecule has 3 fully saturated rings. The van der Waals surface area contributed by atoms with Gasteiger partial charge >= 0.3 is 6.01 Å². The number of rotatable bonds is 4. The molecule has 0 amide bonds. The van der Waals surface area contributed by atoms with Crippen LogP contribution in [0.4, 0.5) is 19.0 Å². The number of phenols is 1. The molecule has 4 aromatic rings. The number of pyridine rings is 1. The van der Waals surface area contributed by atoms with Crippen LogP contribution in [0.15, 0.2) is 24.3 Å². The van der Waals surface area contributed by atoms with Crippen molar-refractivity contribution >= 4 is 27.5 Å². The molecule has 4 aliphatic rings. The van der Waals surface area contributed by atoms with Crippen molar-refractivity contribution in [1.29, 1.82) is 0 Å². The van der Waals surface area contributed by atoms with Gasteiger partial charge in [0.05, 0.1) is 17.1 Å². The highest BCUT2D eigenvalue weighted by atomic mass is 19.1. The number of halogens is 3. The predicted octanol–water partition coefficient (Wildman–Crippen LogP) is 5.13. The number of benzene rings is 2. The number of nitrogens with zero attached hydrogens (tertiary/aromatic N) is 5. The average Bonchev–Trinajstić information content (AvgIpc) is 3.67. The minimum Gasteiger partial charge on any atom is -0.508 e. The van der Waals surface area contributed by atoms with Gasteiger partial charge in [-0.05, 0) is 55.8 Å². The number of fused-ring (bicyclic) bond motifs is 4. The molecule has 0 radical (unpaired) electrons. The van der Waals surface area contributed by atoms with E-state index in [1.165, 1.54) is 24.3 Å². The minimum absolute atomic E-state index is 0.00134. The number of hydrogen-bond donors (Lipinski definition) is 1.